The Morgan fingerprint density at radius 3 is 2.48 bits per heavy atom. The van der Waals surface area contributed by atoms with Gasteiger partial charge in [0.15, 0.2) is 0 Å². The molecule has 7 nitrogen and oxygen atoms in total. The van der Waals surface area contributed by atoms with Crippen molar-refractivity contribution in [3.63, 3.8) is 0 Å². The molecule has 134 valence electrons. The summed E-state index contributed by atoms with van der Waals surface area (Å²) in [5.41, 5.74) is -1.17. The van der Waals surface area contributed by atoms with Crippen LogP contribution in [0.3, 0.4) is 0 Å². The summed E-state index contributed by atoms with van der Waals surface area (Å²) in [6.07, 6.45) is -3.17. The van der Waals surface area contributed by atoms with Gasteiger partial charge in [0.1, 0.15) is 23.4 Å². The second kappa shape index (κ2) is 7.89. The molecule has 10 heteroatoms. The molecule has 0 radical (unpaired) electrons. The first-order valence-corrected chi connectivity index (χ1v) is 7.99. The number of hydrogen-bond donors (Lipinski definition) is 3. The fourth-order valence-corrected chi connectivity index (χ4v) is 2.37. The number of aliphatic hydroxyl groups is 2. The van der Waals surface area contributed by atoms with Crippen molar-refractivity contribution in [2.45, 2.75) is 19.3 Å². The molecule has 2 unspecified atom stereocenters. The molecule has 2 aromatic rings. The third-order valence-electron chi connectivity index (χ3n) is 3.08. The van der Waals surface area contributed by atoms with E-state index in [1.54, 1.807) is 6.07 Å². The highest BCUT2D eigenvalue weighted by Gasteiger charge is 2.27. The minimum absolute atomic E-state index is 0.101. The molecule has 25 heavy (non-hydrogen) atoms. The number of nitro groups is 1. The van der Waals surface area contributed by atoms with E-state index in [0.29, 0.717) is 9.64 Å². The summed E-state index contributed by atoms with van der Waals surface area (Å²) >= 11 is 1.89. The molecular formula is C15H13F2IN2O5. The first kappa shape index (κ1) is 19.3. The zero-order valence-electron chi connectivity index (χ0n) is 12.7. The lowest BCUT2D eigenvalue weighted by atomic mass is 10.2. The van der Waals surface area contributed by atoms with Gasteiger partial charge >= 0.3 is 5.69 Å². The summed E-state index contributed by atoms with van der Waals surface area (Å²) < 4.78 is 33.2. The Morgan fingerprint density at radius 2 is 1.92 bits per heavy atom. The molecule has 0 aliphatic rings. The number of aliphatic hydroxyl groups excluding tert-OH is 2. The fourth-order valence-electron chi connectivity index (χ4n) is 1.91. The van der Waals surface area contributed by atoms with Crippen LogP contribution in [0.2, 0.25) is 0 Å². The predicted octanol–water partition coefficient (Wildman–Crippen LogP) is 3.30. The van der Waals surface area contributed by atoms with E-state index in [1.165, 1.54) is 19.1 Å². The molecule has 0 aliphatic heterocycles. The third-order valence-corrected chi connectivity index (χ3v) is 3.75. The van der Waals surface area contributed by atoms with Gasteiger partial charge in [-0.15, -0.1) is 0 Å². The SMILES string of the molecule is CC(O)C(O)Oc1cc(F)cc(Nc2ccc(I)cc2F)c1[N+](=O)[O-]. The Balaban J connectivity index is 2.49. The van der Waals surface area contributed by atoms with Crippen molar-refractivity contribution in [1.82, 2.24) is 0 Å². The molecule has 2 rings (SSSR count). The first-order chi connectivity index (χ1) is 11.7. The van der Waals surface area contributed by atoms with Crippen molar-refractivity contribution in [3.8, 4) is 5.75 Å². The number of rotatable bonds is 6. The fraction of sp³-hybridized carbons (Fsp3) is 0.200. The summed E-state index contributed by atoms with van der Waals surface area (Å²) in [7, 11) is 0. The monoisotopic (exact) mass is 466 g/mol. The van der Waals surface area contributed by atoms with Gasteiger partial charge in [-0.1, -0.05) is 0 Å². The molecule has 2 aromatic carbocycles. The average molecular weight is 466 g/mol. The summed E-state index contributed by atoms with van der Waals surface area (Å²) in [5.74, 6) is -2.20. The van der Waals surface area contributed by atoms with Crippen LogP contribution in [0.1, 0.15) is 6.92 Å². The van der Waals surface area contributed by atoms with Crippen molar-refractivity contribution in [2.24, 2.45) is 0 Å². The summed E-state index contributed by atoms with van der Waals surface area (Å²) in [6.45, 7) is 1.19. The molecule has 0 aromatic heterocycles. The Labute approximate surface area is 154 Å². The average Bonchev–Trinajstić information content (AvgIpc) is 2.49. The number of nitrogens with zero attached hydrogens (tertiary/aromatic N) is 1. The molecule has 0 fully saturated rings. The maximum absolute atomic E-state index is 14.0. The zero-order chi connectivity index (χ0) is 18.7. The minimum Gasteiger partial charge on any atom is -0.455 e. The first-order valence-electron chi connectivity index (χ1n) is 6.92. The van der Waals surface area contributed by atoms with Crippen molar-refractivity contribution < 1.29 is 28.7 Å². The Morgan fingerprint density at radius 1 is 1.24 bits per heavy atom. The lowest BCUT2D eigenvalue weighted by Gasteiger charge is -2.17. The van der Waals surface area contributed by atoms with Crippen molar-refractivity contribution in [2.75, 3.05) is 5.32 Å². The molecule has 0 amide bonds. The predicted molar refractivity (Wildman–Crippen MR) is 93.8 cm³/mol. The lowest BCUT2D eigenvalue weighted by molar-refractivity contribution is -0.385. The standard InChI is InChI=1S/C15H13F2IN2O5/c1-7(21)15(22)25-13-5-8(16)4-12(14(13)20(23)24)19-11-3-2-9(18)6-10(11)17/h2-7,15,19,21-22H,1H3. The highest BCUT2D eigenvalue weighted by molar-refractivity contribution is 14.1. The largest absolute Gasteiger partial charge is 0.455 e. The van der Waals surface area contributed by atoms with Crippen LogP contribution in [0.4, 0.5) is 25.8 Å². The van der Waals surface area contributed by atoms with E-state index in [1.807, 2.05) is 22.6 Å². The van der Waals surface area contributed by atoms with E-state index >= 15 is 0 Å². The van der Waals surface area contributed by atoms with Gasteiger partial charge in [0, 0.05) is 15.7 Å². The second-order valence-corrected chi connectivity index (χ2v) is 6.30. The molecular weight excluding hydrogens is 453 g/mol. The van der Waals surface area contributed by atoms with E-state index in [4.69, 9.17) is 4.74 Å². The number of ether oxygens (including phenoxy) is 1. The van der Waals surface area contributed by atoms with Crippen LogP contribution in [-0.4, -0.2) is 27.5 Å². The van der Waals surface area contributed by atoms with Crippen molar-refractivity contribution in [1.29, 1.82) is 0 Å². The molecule has 3 N–H and O–H groups in total. The molecule has 0 aliphatic carbocycles. The summed E-state index contributed by atoms with van der Waals surface area (Å²) in [5, 5.41) is 32.6. The molecule has 2 atom stereocenters. The van der Waals surface area contributed by atoms with Gasteiger partial charge < -0.3 is 20.3 Å². The quantitative estimate of drug-likeness (QED) is 0.261. The second-order valence-electron chi connectivity index (χ2n) is 5.06. The number of hydrogen-bond acceptors (Lipinski definition) is 6. The van der Waals surface area contributed by atoms with Crippen LogP contribution >= 0.6 is 22.6 Å². The van der Waals surface area contributed by atoms with Crippen LogP contribution in [0.5, 0.6) is 5.75 Å². The Hall–Kier alpha value is -2.05. The van der Waals surface area contributed by atoms with Gasteiger partial charge in [-0.2, -0.15) is 0 Å². The number of halogens is 3. The summed E-state index contributed by atoms with van der Waals surface area (Å²) in [6, 6.07) is 5.60. The van der Waals surface area contributed by atoms with Crippen LogP contribution in [0.15, 0.2) is 30.3 Å². The van der Waals surface area contributed by atoms with Crippen LogP contribution in [0.25, 0.3) is 0 Å². The smallest absolute Gasteiger partial charge is 0.334 e. The normalized spacial score (nSPS) is 13.2. The molecule has 0 saturated carbocycles. The van der Waals surface area contributed by atoms with E-state index in [-0.39, 0.29) is 11.4 Å². The van der Waals surface area contributed by atoms with Crippen molar-refractivity contribution in [3.05, 3.63) is 55.7 Å². The van der Waals surface area contributed by atoms with Gasteiger partial charge in [-0.05, 0) is 47.7 Å². The number of benzene rings is 2. The van der Waals surface area contributed by atoms with Gasteiger partial charge in [0.25, 0.3) is 0 Å². The number of nitro benzene ring substituents is 1. The van der Waals surface area contributed by atoms with Crippen LogP contribution < -0.4 is 10.1 Å². The Kier molecular flexibility index (Phi) is 6.08. The topological polar surface area (TPSA) is 105 Å². The van der Waals surface area contributed by atoms with E-state index in [2.05, 4.69) is 5.32 Å². The molecule has 0 heterocycles. The highest BCUT2D eigenvalue weighted by Crippen LogP contribution is 2.38. The lowest BCUT2D eigenvalue weighted by Crippen LogP contribution is -2.29. The van der Waals surface area contributed by atoms with E-state index in [0.717, 1.165) is 6.07 Å². The molecule has 0 spiro atoms. The highest BCUT2D eigenvalue weighted by atomic mass is 127. The van der Waals surface area contributed by atoms with Gasteiger partial charge in [-0.25, -0.2) is 8.78 Å². The van der Waals surface area contributed by atoms with Crippen LogP contribution in [0, 0.1) is 25.3 Å². The molecule has 0 saturated heterocycles. The maximum Gasteiger partial charge on any atom is 0.334 e. The number of nitrogens with one attached hydrogen (secondary N) is 1. The van der Waals surface area contributed by atoms with Crippen molar-refractivity contribution >= 4 is 39.7 Å². The zero-order valence-corrected chi connectivity index (χ0v) is 14.9. The van der Waals surface area contributed by atoms with Gasteiger partial charge in [0.2, 0.25) is 12.0 Å². The van der Waals surface area contributed by atoms with Gasteiger partial charge in [-0.3, -0.25) is 10.1 Å². The van der Waals surface area contributed by atoms with E-state index in [9.17, 15) is 29.1 Å². The third kappa shape index (κ3) is 4.74. The minimum atomic E-state index is -1.80. The molecule has 0 bridgehead atoms. The summed E-state index contributed by atoms with van der Waals surface area (Å²) in [4.78, 5) is 10.5. The van der Waals surface area contributed by atoms with E-state index < -0.39 is 40.4 Å². The maximum atomic E-state index is 14.0. The van der Waals surface area contributed by atoms with Gasteiger partial charge in [0.05, 0.1) is 10.6 Å². The van der Waals surface area contributed by atoms with Crippen LogP contribution in [-0.2, 0) is 0 Å². The number of anilines is 2. The Bertz CT molecular complexity index is 804.